The van der Waals surface area contributed by atoms with Crippen LogP contribution in [0, 0.1) is 55.4 Å². The Morgan fingerprint density at radius 1 is 0.565 bits per heavy atom. The minimum absolute atomic E-state index is 1.38. The summed E-state index contributed by atoms with van der Waals surface area (Å²) in [6.45, 7) is 18.2. The van der Waals surface area contributed by atoms with Crippen LogP contribution in [0.2, 0.25) is 0 Å². The fraction of sp³-hybridized carbons (Fsp3) is 0.364. The fourth-order valence-corrected chi connectivity index (χ4v) is 4.73. The molecule has 1 aromatic heterocycles. The third-order valence-corrected chi connectivity index (χ3v) is 6.63. The molecule has 3 rings (SSSR count). The quantitative estimate of drug-likeness (QED) is 0.451. The van der Waals surface area contributed by atoms with Crippen LogP contribution in [0.15, 0.2) is 11.4 Å². The zero-order chi connectivity index (χ0) is 17.0. The van der Waals surface area contributed by atoms with Gasteiger partial charge in [-0.25, -0.2) is 0 Å². The minimum Gasteiger partial charge on any atom is -0.149 e. The molecule has 0 radical (unpaired) electrons. The largest absolute Gasteiger partial charge is 0.149 e. The Labute approximate surface area is 144 Å². The number of fused-ring (bicyclic) bond motifs is 1. The maximum absolute atomic E-state index is 2.33. The molecule has 2 aromatic carbocycles. The minimum atomic E-state index is 1.38. The van der Waals surface area contributed by atoms with Crippen LogP contribution >= 0.6 is 11.3 Å². The second-order valence-electron chi connectivity index (χ2n) is 6.95. The Morgan fingerprint density at radius 3 is 1.52 bits per heavy atom. The van der Waals surface area contributed by atoms with E-state index in [9.17, 15) is 0 Å². The molecule has 0 atom stereocenters. The molecule has 0 unspecified atom stereocenters. The van der Waals surface area contributed by atoms with Gasteiger partial charge >= 0.3 is 0 Å². The smallest absolute Gasteiger partial charge is 0.00205 e. The maximum atomic E-state index is 2.33. The third kappa shape index (κ3) is 2.25. The Balaban J connectivity index is 2.56. The summed E-state index contributed by atoms with van der Waals surface area (Å²) in [4.78, 5) is 1.38. The summed E-state index contributed by atoms with van der Waals surface area (Å²) in [5.41, 5.74) is 12.9. The molecule has 0 spiro atoms. The van der Waals surface area contributed by atoms with Crippen molar-refractivity contribution in [1.29, 1.82) is 0 Å². The molecule has 0 saturated carbocycles. The van der Waals surface area contributed by atoms with Crippen molar-refractivity contribution < 1.29 is 0 Å². The van der Waals surface area contributed by atoms with Crippen LogP contribution in [0.4, 0.5) is 0 Å². The number of thiophene rings is 1. The van der Waals surface area contributed by atoms with Gasteiger partial charge in [0, 0.05) is 4.88 Å². The molecule has 23 heavy (non-hydrogen) atoms. The summed E-state index contributed by atoms with van der Waals surface area (Å²) in [7, 11) is 0. The Bertz CT molecular complexity index is 939. The van der Waals surface area contributed by atoms with Gasteiger partial charge in [-0.1, -0.05) is 0 Å². The molecule has 0 bridgehead atoms. The van der Waals surface area contributed by atoms with Gasteiger partial charge in [0.1, 0.15) is 0 Å². The number of hydrogen-bond acceptors (Lipinski definition) is 1. The summed E-state index contributed by atoms with van der Waals surface area (Å²) in [6, 6.07) is 2.33. The second kappa shape index (κ2) is 5.49. The van der Waals surface area contributed by atoms with E-state index in [0.717, 1.165) is 0 Å². The third-order valence-electron chi connectivity index (χ3n) is 5.77. The highest BCUT2D eigenvalue weighted by atomic mass is 32.1. The average molecular weight is 323 g/mol. The molecular weight excluding hydrogens is 296 g/mol. The van der Waals surface area contributed by atoms with Crippen LogP contribution in [0.3, 0.4) is 0 Å². The first kappa shape index (κ1) is 16.3. The van der Waals surface area contributed by atoms with E-state index in [1.807, 2.05) is 11.3 Å². The lowest BCUT2D eigenvalue weighted by molar-refractivity contribution is 1.23. The Morgan fingerprint density at radius 2 is 1.04 bits per heavy atom. The zero-order valence-corrected chi connectivity index (χ0v) is 16.4. The highest BCUT2D eigenvalue weighted by molar-refractivity contribution is 7.10. The first-order chi connectivity index (χ1) is 10.8. The first-order valence-electron chi connectivity index (χ1n) is 8.31. The molecule has 120 valence electrons. The topological polar surface area (TPSA) is 0 Å². The van der Waals surface area contributed by atoms with Crippen molar-refractivity contribution in [3.8, 4) is 11.1 Å². The lowest BCUT2D eigenvalue weighted by Gasteiger charge is -2.22. The van der Waals surface area contributed by atoms with Gasteiger partial charge in [-0.05, 0) is 128 Å². The molecule has 1 heterocycles. The van der Waals surface area contributed by atoms with Crippen molar-refractivity contribution in [2.45, 2.75) is 55.4 Å². The maximum Gasteiger partial charge on any atom is 0.00205 e. The van der Waals surface area contributed by atoms with E-state index in [-0.39, 0.29) is 0 Å². The zero-order valence-electron chi connectivity index (χ0n) is 15.6. The van der Waals surface area contributed by atoms with Crippen LogP contribution < -0.4 is 0 Å². The number of benzene rings is 2. The molecule has 0 fully saturated rings. The lowest BCUT2D eigenvalue weighted by atomic mass is 9.82. The van der Waals surface area contributed by atoms with Crippen LogP contribution in [-0.4, -0.2) is 0 Å². The fourth-order valence-electron chi connectivity index (χ4n) is 4.04. The van der Waals surface area contributed by atoms with Gasteiger partial charge in [-0.2, -0.15) is 0 Å². The summed E-state index contributed by atoms with van der Waals surface area (Å²) in [5.74, 6) is 0. The standard InChI is InChI=1S/C22H26S/c1-11-9-19(10-23-11)20-16(6)17(7)21-14(4)12(2)13(3)15(5)22(21)18(20)8/h9-10H,1-8H3. The molecule has 0 amide bonds. The van der Waals surface area contributed by atoms with E-state index in [1.54, 1.807) is 0 Å². The van der Waals surface area contributed by atoms with Gasteiger partial charge in [-0.15, -0.1) is 11.3 Å². The summed E-state index contributed by atoms with van der Waals surface area (Å²) < 4.78 is 0. The van der Waals surface area contributed by atoms with Crippen LogP contribution in [0.1, 0.15) is 43.8 Å². The molecule has 3 aromatic rings. The van der Waals surface area contributed by atoms with Crippen molar-refractivity contribution in [2.75, 3.05) is 0 Å². The lowest BCUT2D eigenvalue weighted by Crippen LogP contribution is -2.01. The summed E-state index contributed by atoms with van der Waals surface area (Å²) in [6.07, 6.45) is 0. The van der Waals surface area contributed by atoms with Gasteiger partial charge in [-0.3, -0.25) is 0 Å². The molecule has 0 nitrogen and oxygen atoms in total. The van der Waals surface area contributed by atoms with Gasteiger partial charge < -0.3 is 0 Å². The molecule has 0 aliphatic carbocycles. The predicted octanol–water partition coefficient (Wildman–Crippen LogP) is 7.04. The van der Waals surface area contributed by atoms with E-state index >= 15 is 0 Å². The van der Waals surface area contributed by atoms with E-state index < -0.39 is 0 Å². The van der Waals surface area contributed by atoms with Crippen LogP contribution in [0.25, 0.3) is 21.9 Å². The first-order valence-corrected chi connectivity index (χ1v) is 9.19. The van der Waals surface area contributed by atoms with Gasteiger partial charge in [0.25, 0.3) is 0 Å². The van der Waals surface area contributed by atoms with Gasteiger partial charge in [0.15, 0.2) is 0 Å². The molecule has 0 N–H and O–H groups in total. The van der Waals surface area contributed by atoms with E-state index in [0.29, 0.717) is 0 Å². The van der Waals surface area contributed by atoms with E-state index in [4.69, 9.17) is 0 Å². The van der Waals surface area contributed by atoms with Gasteiger partial charge in [0.05, 0.1) is 0 Å². The van der Waals surface area contributed by atoms with Crippen molar-refractivity contribution in [2.24, 2.45) is 0 Å². The normalized spacial score (nSPS) is 11.5. The predicted molar refractivity (Wildman–Crippen MR) is 105 cm³/mol. The Hall–Kier alpha value is -1.60. The molecule has 0 aliphatic rings. The number of aryl methyl sites for hydroxylation is 5. The Kier molecular flexibility index (Phi) is 3.88. The monoisotopic (exact) mass is 322 g/mol. The van der Waals surface area contributed by atoms with E-state index in [2.05, 4.69) is 66.8 Å². The van der Waals surface area contributed by atoms with Crippen molar-refractivity contribution >= 4 is 22.1 Å². The number of hydrogen-bond donors (Lipinski definition) is 0. The molecule has 0 saturated heterocycles. The SMILES string of the molecule is Cc1cc(-c2c(C)c(C)c3c(C)c(C)c(C)c(C)c3c2C)cs1. The molecule has 1 heteroatoms. The average Bonchev–Trinajstić information content (AvgIpc) is 2.92. The van der Waals surface area contributed by atoms with Gasteiger partial charge in [0.2, 0.25) is 0 Å². The van der Waals surface area contributed by atoms with Crippen molar-refractivity contribution in [1.82, 2.24) is 0 Å². The van der Waals surface area contributed by atoms with Crippen LogP contribution in [-0.2, 0) is 0 Å². The van der Waals surface area contributed by atoms with E-state index in [1.165, 1.54) is 65.7 Å². The van der Waals surface area contributed by atoms with Crippen molar-refractivity contribution in [3.05, 3.63) is 55.3 Å². The summed E-state index contributed by atoms with van der Waals surface area (Å²) in [5, 5.41) is 5.24. The second-order valence-corrected chi connectivity index (χ2v) is 8.06. The summed E-state index contributed by atoms with van der Waals surface area (Å²) >= 11 is 1.84. The highest BCUT2D eigenvalue weighted by Crippen LogP contribution is 2.41. The van der Waals surface area contributed by atoms with Crippen LogP contribution in [0.5, 0.6) is 0 Å². The molecular formula is C22H26S. The molecule has 0 aliphatic heterocycles. The van der Waals surface area contributed by atoms with Crippen molar-refractivity contribution in [3.63, 3.8) is 0 Å². The highest BCUT2D eigenvalue weighted by Gasteiger charge is 2.19. The number of rotatable bonds is 1.